The molecule has 2 rings (SSSR count). The number of thiazole rings is 1. The molecule has 0 bridgehead atoms. The summed E-state index contributed by atoms with van der Waals surface area (Å²) in [5, 5.41) is 10.8. The van der Waals surface area contributed by atoms with Crippen LogP contribution >= 0.6 is 11.3 Å². The lowest BCUT2D eigenvalue weighted by molar-refractivity contribution is 0.657. The lowest BCUT2D eigenvalue weighted by Gasteiger charge is -2.08. The number of nitrogen functional groups attached to an aromatic ring is 1. The van der Waals surface area contributed by atoms with Crippen molar-refractivity contribution in [3.05, 3.63) is 22.3 Å². The molecule has 0 spiro atoms. The highest BCUT2D eigenvalue weighted by Gasteiger charge is 2.10. The smallest absolute Gasteiger partial charge is 0.148 e. The molecule has 0 amide bonds. The number of nitrogens with zero attached hydrogens (tertiary/aromatic N) is 3. The van der Waals surface area contributed by atoms with Crippen LogP contribution in [-0.2, 0) is 13.0 Å². The van der Waals surface area contributed by atoms with Gasteiger partial charge < -0.3 is 11.1 Å². The fraction of sp³-hybridized carbons (Fsp3) is 0.455. The van der Waals surface area contributed by atoms with Crippen molar-refractivity contribution in [2.75, 3.05) is 17.6 Å². The molecule has 0 aromatic carbocycles. The SMILES string of the molecule is CCn1nc(C)c(N)c1NCCc1nccs1. The number of aromatic nitrogens is 3. The van der Waals surface area contributed by atoms with Gasteiger partial charge in [-0.2, -0.15) is 5.10 Å². The molecule has 0 aliphatic rings. The summed E-state index contributed by atoms with van der Waals surface area (Å²) in [6.07, 6.45) is 2.74. The Labute approximate surface area is 105 Å². The Bertz CT molecular complexity index is 474. The largest absolute Gasteiger partial charge is 0.394 e. The van der Waals surface area contributed by atoms with Gasteiger partial charge in [0.2, 0.25) is 0 Å². The van der Waals surface area contributed by atoms with Crippen LogP contribution in [0.15, 0.2) is 11.6 Å². The fourth-order valence-electron chi connectivity index (χ4n) is 1.67. The Morgan fingerprint density at radius 1 is 1.53 bits per heavy atom. The second-order valence-electron chi connectivity index (χ2n) is 3.77. The average Bonchev–Trinajstić information content (AvgIpc) is 2.92. The van der Waals surface area contributed by atoms with E-state index in [0.717, 1.165) is 41.7 Å². The number of aryl methyl sites for hydroxylation is 2. The van der Waals surface area contributed by atoms with Crippen LogP contribution in [0.1, 0.15) is 17.6 Å². The number of hydrogen-bond acceptors (Lipinski definition) is 5. The van der Waals surface area contributed by atoms with Crippen molar-refractivity contribution in [2.24, 2.45) is 0 Å². The molecular formula is C11H17N5S. The zero-order chi connectivity index (χ0) is 12.3. The summed E-state index contributed by atoms with van der Waals surface area (Å²) in [6.45, 7) is 5.62. The Kier molecular flexibility index (Phi) is 3.63. The highest BCUT2D eigenvalue weighted by atomic mass is 32.1. The zero-order valence-corrected chi connectivity index (χ0v) is 10.9. The molecule has 2 aromatic heterocycles. The second kappa shape index (κ2) is 5.18. The summed E-state index contributed by atoms with van der Waals surface area (Å²) in [7, 11) is 0. The maximum Gasteiger partial charge on any atom is 0.148 e. The van der Waals surface area contributed by atoms with E-state index < -0.39 is 0 Å². The first-order valence-corrected chi connectivity index (χ1v) is 6.55. The van der Waals surface area contributed by atoms with E-state index >= 15 is 0 Å². The van der Waals surface area contributed by atoms with Crippen LogP contribution < -0.4 is 11.1 Å². The molecule has 3 N–H and O–H groups in total. The molecule has 92 valence electrons. The van der Waals surface area contributed by atoms with E-state index in [1.165, 1.54) is 0 Å². The van der Waals surface area contributed by atoms with E-state index in [1.807, 2.05) is 23.2 Å². The summed E-state index contributed by atoms with van der Waals surface area (Å²) >= 11 is 1.67. The summed E-state index contributed by atoms with van der Waals surface area (Å²) in [4.78, 5) is 4.24. The number of nitrogens with two attached hydrogens (primary N) is 1. The van der Waals surface area contributed by atoms with Crippen molar-refractivity contribution >= 4 is 22.8 Å². The highest BCUT2D eigenvalue weighted by molar-refractivity contribution is 7.09. The van der Waals surface area contributed by atoms with Crippen molar-refractivity contribution in [1.82, 2.24) is 14.8 Å². The van der Waals surface area contributed by atoms with Crippen molar-refractivity contribution in [2.45, 2.75) is 26.8 Å². The fourth-order valence-corrected chi connectivity index (χ4v) is 2.30. The Morgan fingerprint density at radius 3 is 3.00 bits per heavy atom. The molecule has 5 nitrogen and oxygen atoms in total. The van der Waals surface area contributed by atoms with Gasteiger partial charge in [-0.05, 0) is 13.8 Å². The van der Waals surface area contributed by atoms with Crippen LogP contribution in [0.2, 0.25) is 0 Å². The number of rotatable bonds is 5. The lowest BCUT2D eigenvalue weighted by Crippen LogP contribution is -2.11. The van der Waals surface area contributed by atoms with Crippen molar-refractivity contribution in [3.8, 4) is 0 Å². The maximum atomic E-state index is 5.98. The van der Waals surface area contributed by atoms with Crippen molar-refractivity contribution in [1.29, 1.82) is 0 Å². The third kappa shape index (κ3) is 2.58. The first-order valence-electron chi connectivity index (χ1n) is 5.67. The summed E-state index contributed by atoms with van der Waals surface area (Å²) in [5.74, 6) is 0.918. The van der Waals surface area contributed by atoms with E-state index in [4.69, 9.17) is 5.73 Å². The Morgan fingerprint density at radius 2 is 2.35 bits per heavy atom. The van der Waals surface area contributed by atoms with Gasteiger partial charge in [0.1, 0.15) is 5.82 Å². The Hall–Kier alpha value is -1.56. The number of hydrogen-bond donors (Lipinski definition) is 2. The molecule has 0 aliphatic heterocycles. The first kappa shape index (κ1) is 11.9. The van der Waals surface area contributed by atoms with Gasteiger partial charge in [0, 0.05) is 31.1 Å². The summed E-state index contributed by atoms with van der Waals surface area (Å²) in [6, 6.07) is 0. The van der Waals surface area contributed by atoms with Gasteiger partial charge in [0.25, 0.3) is 0 Å². The van der Waals surface area contributed by atoms with Crippen LogP contribution in [0.5, 0.6) is 0 Å². The summed E-state index contributed by atoms with van der Waals surface area (Å²) in [5.41, 5.74) is 7.60. The molecule has 6 heteroatoms. The van der Waals surface area contributed by atoms with E-state index in [9.17, 15) is 0 Å². The predicted molar refractivity (Wildman–Crippen MR) is 71.4 cm³/mol. The van der Waals surface area contributed by atoms with E-state index in [0.29, 0.717) is 0 Å². The molecule has 0 saturated heterocycles. The van der Waals surface area contributed by atoms with Gasteiger partial charge in [0.15, 0.2) is 0 Å². The minimum Gasteiger partial charge on any atom is -0.394 e. The van der Waals surface area contributed by atoms with Gasteiger partial charge >= 0.3 is 0 Å². The van der Waals surface area contributed by atoms with E-state index in [1.54, 1.807) is 11.3 Å². The monoisotopic (exact) mass is 251 g/mol. The lowest BCUT2D eigenvalue weighted by atomic mass is 10.3. The first-order chi connectivity index (χ1) is 8.22. The minimum atomic E-state index is 0.742. The van der Waals surface area contributed by atoms with Crippen LogP contribution in [0.25, 0.3) is 0 Å². The predicted octanol–water partition coefficient (Wildman–Crippen LogP) is 1.90. The van der Waals surface area contributed by atoms with Gasteiger partial charge in [-0.1, -0.05) is 0 Å². The normalized spacial score (nSPS) is 10.7. The van der Waals surface area contributed by atoms with Gasteiger partial charge in [-0.25, -0.2) is 9.67 Å². The number of anilines is 2. The van der Waals surface area contributed by atoms with Crippen LogP contribution in [-0.4, -0.2) is 21.3 Å². The molecule has 2 aromatic rings. The molecule has 0 unspecified atom stereocenters. The molecule has 0 aliphatic carbocycles. The highest BCUT2D eigenvalue weighted by Crippen LogP contribution is 2.21. The van der Waals surface area contributed by atoms with E-state index in [-0.39, 0.29) is 0 Å². The van der Waals surface area contributed by atoms with Crippen LogP contribution in [0.4, 0.5) is 11.5 Å². The third-order valence-electron chi connectivity index (χ3n) is 2.59. The quantitative estimate of drug-likeness (QED) is 0.851. The molecule has 2 heterocycles. The number of nitrogens with one attached hydrogen (secondary N) is 1. The van der Waals surface area contributed by atoms with Gasteiger partial charge in [-0.3, -0.25) is 0 Å². The molecular weight excluding hydrogens is 234 g/mol. The zero-order valence-electron chi connectivity index (χ0n) is 10.1. The average molecular weight is 251 g/mol. The third-order valence-corrected chi connectivity index (χ3v) is 3.43. The molecule has 0 fully saturated rings. The van der Waals surface area contributed by atoms with Crippen LogP contribution in [0.3, 0.4) is 0 Å². The topological polar surface area (TPSA) is 68.8 Å². The minimum absolute atomic E-state index is 0.742. The molecule has 0 saturated carbocycles. The van der Waals surface area contributed by atoms with Gasteiger partial charge in [-0.15, -0.1) is 11.3 Å². The summed E-state index contributed by atoms with van der Waals surface area (Å²) < 4.78 is 1.90. The maximum absolute atomic E-state index is 5.98. The molecule has 0 radical (unpaired) electrons. The molecule has 0 atom stereocenters. The van der Waals surface area contributed by atoms with E-state index in [2.05, 4.69) is 22.3 Å². The van der Waals surface area contributed by atoms with Crippen LogP contribution in [0, 0.1) is 6.92 Å². The van der Waals surface area contributed by atoms with Crippen molar-refractivity contribution in [3.63, 3.8) is 0 Å². The molecule has 17 heavy (non-hydrogen) atoms. The second-order valence-corrected chi connectivity index (χ2v) is 4.75. The standard InChI is InChI=1S/C11H17N5S/c1-3-16-11(10(12)8(2)15-16)14-5-4-9-13-6-7-17-9/h6-7,14H,3-5,12H2,1-2H3. The Balaban J connectivity index is 1.98. The van der Waals surface area contributed by atoms with Crippen molar-refractivity contribution < 1.29 is 0 Å². The van der Waals surface area contributed by atoms with Gasteiger partial charge in [0.05, 0.1) is 16.4 Å².